The van der Waals surface area contributed by atoms with Crippen LogP contribution in [0, 0.1) is 42.3 Å². The van der Waals surface area contributed by atoms with Gasteiger partial charge in [0.1, 0.15) is 22.0 Å². The number of aliphatic hydroxyl groups is 1. The first-order chi connectivity index (χ1) is 18.7. The minimum Gasteiger partial charge on any atom is -0.511 e. The second kappa shape index (κ2) is 8.91. The van der Waals surface area contributed by atoms with E-state index in [-0.39, 0.29) is 45.8 Å². The Balaban J connectivity index is 1.32. The minimum absolute atomic E-state index is 0.0155. The molecule has 0 aromatic heterocycles. The van der Waals surface area contributed by atoms with Gasteiger partial charge in [0, 0.05) is 18.5 Å². The van der Waals surface area contributed by atoms with Crippen LogP contribution in [0.5, 0.6) is 0 Å². The molecule has 6 aliphatic rings. The molecule has 7 nitrogen and oxygen atoms in total. The number of amides is 1. The van der Waals surface area contributed by atoms with Crippen molar-refractivity contribution in [3.63, 3.8) is 0 Å². The monoisotopic (exact) mass is 549 g/mol. The van der Waals surface area contributed by atoms with Gasteiger partial charge in [0.05, 0.1) is 5.69 Å². The second-order valence-electron chi connectivity index (χ2n) is 12.1. The summed E-state index contributed by atoms with van der Waals surface area (Å²) in [5.41, 5.74) is 2.01. The number of aryl methyl sites for hydroxylation is 1. The second-order valence-corrected chi connectivity index (χ2v) is 13.7. The maximum atomic E-state index is 14.3. The summed E-state index contributed by atoms with van der Waals surface area (Å²) < 4.78 is 43.9. The van der Waals surface area contributed by atoms with E-state index in [1.807, 2.05) is 11.8 Å². The van der Waals surface area contributed by atoms with Crippen molar-refractivity contribution in [1.82, 2.24) is 4.90 Å². The molecule has 2 aromatic carbocycles. The SMILES string of the molecule is Cc1ccc2c(c1)S(=O)(=O)N=C(C1=C(O)[C@@H]3C4CC5CC(C4)CC(C5)[C@@H]3N(CCc3ccc(F)cc3)C1=O)N2. The van der Waals surface area contributed by atoms with E-state index in [9.17, 15) is 22.7 Å². The Morgan fingerprint density at radius 1 is 1.03 bits per heavy atom. The first-order valence-corrected chi connectivity index (χ1v) is 15.3. The van der Waals surface area contributed by atoms with E-state index in [0.29, 0.717) is 36.4 Å². The number of carbonyl (C=O) groups is 1. The molecule has 4 saturated carbocycles. The summed E-state index contributed by atoms with van der Waals surface area (Å²) in [6.07, 6.45) is 5.90. The Labute approximate surface area is 227 Å². The Morgan fingerprint density at radius 2 is 1.72 bits per heavy atom. The number of hydrogen-bond acceptors (Lipinski definition) is 5. The third-order valence-electron chi connectivity index (χ3n) is 9.65. The standard InChI is InChI=1S/C30H32FN3O4S/c1-16-2-7-23-24(10-16)39(37,38)33-29(32-23)26-28(35)25-20-12-18-11-19(13-20)15-21(14-18)27(25)34(30(26)36)9-8-17-3-5-22(31)6-4-17/h2-7,10,18-21,25,27,35H,8-9,11-15H2,1H3,(H,32,33)/t18?,19?,20?,21?,25-,27+/m1/s1. The van der Waals surface area contributed by atoms with Gasteiger partial charge in [-0.2, -0.15) is 8.42 Å². The van der Waals surface area contributed by atoms with Crippen LogP contribution in [-0.2, 0) is 21.2 Å². The molecule has 2 unspecified atom stereocenters. The molecule has 204 valence electrons. The van der Waals surface area contributed by atoms with Crippen molar-refractivity contribution >= 4 is 27.5 Å². The third kappa shape index (κ3) is 4.08. The fourth-order valence-electron chi connectivity index (χ4n) is 8.23. The van der Waals surface area contributed by atoms with Gasteiger partial charge in [-0.1, -0.05) is 18.2 Å². The van der Waals surface area contributed by atoms with E-state index in [1.165, 1.54) is 18.6 Å². The summed E-state index contributed by atoms with van der Waals surface area (Å²) in [6.45, 7) is 2.21. The zero-order valence-electron chi connectivity index (χ0n) is 21.8. The van der Waals surface area contributed by atoms with Gasteiger partial charge < -0.3 is 15.3 Å². The first kappa shape index (κ1) is 24.8. The molecule has 0 radical (unpaired) electrons. The molecule has 0 spiro atoms. The van der Waals surface area contributed by atoms with Crippen LogP contribution in [0.25, 0.3) is 0 Å². The lowest BCUT2D eigenvalue weighted by molar-refractivity contribution is -0.134. The predicted molar refractivity (Wildman–Crippen MR) is 145 cm³/mol. The molecule has 9 heteroatoms. The number of halogens is 1. The fourth-order valence-corrected chi connectivity index (χ4v) is 9.44. The summed E-state index contributed by atoms with van der Waals surface area (Å²) in [5.74, 6) is 0.651. The van der Waals surface area contributed by atoms with Crippen molar-refractivity contribution in [3.8, 4) is 0 Å². The van der Waals surface area contributed by atoms with E-state index in [1.54, 1.807) is 30.3 Å². The van der Waals surface area contributed by atoms with Crippen molar-refractivity contribution < 1.29 is 22.7 Å². The summed E-state index contributed by atoms with van der Waals surface area (Å²) in [7, 11) is -4.07. The van der Waals surface area contributed by atoms with Crippen LogP contribution in [0.3, 0.4) is 0 Å². The van der Waals surface area contributed by atoms with Crippen LogP contribution in [0.4, 0.5) is 10.1 Å². The van der Waals surface area contributed by atoms with E-state index in [0.717, 1.165) is 36.8 Å². The average Bonchev–Trinajstić information content (AvgIpc) is 3.05. The van der Waals surface area contributed by atoms with Gasteiger partial charge in [0.25, 0.3) is 15.9 Å². The van der Waals surface area contributed by atoms with E-state index in [2.05, 4.69) is 9.71 Å². The maximum absolute atomic E-state index is 14.3. The highest BCUT2D eigenvalue weighted by Crippen LogP contribution is 2.57. The normalized spacial score (nSPS) is 32.3. The third-order valence-corrected chi connectivity index (χ3v) is 11.0. The molecule has 2 aromatic rings. The van der Waals surface area contributed by atoms with Crippen molar-refractivity contribution in [2.75, 3.05) is 11.9 Å². The van der Waals surface area contributed by atoms with Crippen molar-refractivity contribution in [2.45, 2.75) is 56.4 Å². The number of nitrogens with one attached hydrogen (secondary N) is 1. The van der Waals surface area contributed by atoms with Crippen molar-refractivity contribution in [1.29, 1.82) is 0 Å². The molecule has 4 aliphatic carbocycles. The first-order valence-electron chi connectivity index (χ1n) is 13.9. The topological polar surface area (TPSA) is 99.1 Å². The maximum Gasteiger partial charge on any atom is 0.286 e. The minimum atomic E-state index is -4.07. The molecule has 8 rings (SSSR count). The summed E-state index contributed by atoms with van der Waals surface area (Å²) in [4.78, 5) is 16.2. The quantitative estimate of drug-likeness (QED) is 0.560. The van der Waals surface area contributed by atoms with Crippen molar-refractivity contribution in [3.05, 3.63) is 70.7 Å². The molecular formula is C30H32FN3O4S. The molecule has 1 amide bonds. The number of amidine groups is 1. The highest BCUT2D eigenvalue weighted by Gasteiger charge is 2.56. The molecule has 2 heterocycles. The van der Waals surface area contributed by atoms with Crippen LogP contribution in [-0.4, -0.2) is 42.8 Å². The molecule has 0 saturated heterocycles. The van der Waals surface area contributed by atoms with E-state index in [4.69, 9.17) is 0 Å². The largest absolute Gasteiger partial charge is 0.511 e. The van der Waals surface area contributed by atoms with Gasteiger partial charge in [-0.3, -0.25) is 4.79 Å². The van der Waals surface area contributed by atoms with Crippen molar-refractivity contribution in [2.24, 2.45) is 34.0 Å². The Morgan fingerprint density at radius 3 is 2.44 bits per heavy atom. The van der Waals surface area contributed by atoms with Gasteiger partial charge in [-0.25, -0.2) is 4.39 Å². The van der Waals surface area contributed by atoms with Gasteiger partial charge in [-0.05, 0) is 105 Å². The number of sulfonamides is 1. The zero-order chi connectivity index (χ0) is 27.1. The number of hydrogen-bond donors (Lipinski definition) is 2. The van der Waals surface area contributed by atoms with Crippen LogP contribution < -0.4 is 5.32 Å². The van der Waals surface area contributed by atoms with Crippen LogP contribution >= 0.6 is 0 Å². The molecule has 2 aliphatic heterocycles. The Kier molecular flexibility index (Phi) is 5.67. The predicted octanol–water partition coefficient (Wildman–Crippen LogP) is 4.98. The average molecular weight is 550 g/mol. The number of benzene rings is 2. The molecular weight excluding hydrogens is 517 g/mol. The molecule has 4 atom stereocenters. The fraction of sp³-hybridized carbons (Fsp3) is 0.467. The lowest BCUT2D eigenvalue weighted by Crippen LogP contribution is -2.56. The van der Waals surface area contributed by atoms with Gasteiger partial charge in [0.2, 0.25) is 0 Å². The molecule has 4 fully saturated rings. The van der Waals surface area contributed by atoms with Gasteiger partial charge >= 0.3 is 0 Å². The number of fused-ring (bicyclic) bond motifs is 1. The van der Waals surface area contributed by atoms with E-state index >= 15 is 0 Å². The van der Waals surface area contributed by atoms with Gasteiger partial charge in [0.15, 0.2) is 5.84 Å². The summed E-state index contributed by atoms with van der Waals surface area (Å²) in [6, 6.07) is 11.2. The molecule has 39 heavy (non-hydrogen) atoms. The number of nitrogens with zero attached hydrogens (tertiary/aromatic N) is 2. The van der Waals surface area contributed by atoms with Crippen LogP contribution in [0.1, 0.15) is 43.2 Å². The highest BCUT2D eigenvalue weighted by molar-refractivity contribution is 7.90. The summed E-state index contributed by atoms with van der Waals surface area (Å²) >= 11 is 0. The smallest absolute Gasteiger partial charge is 0.286 e. The summed E-state index contributed by atoms with van der Waals surface area (Å²) in [5, 5.41) is 14.9. The lowest BCUT2D eigenvalue weighted by atomic mass is 9.67. The van der Waals surface area contributed by atoms with E-state index < -0.39 is 15.9 Å². The number of anilines is 1. The lowest BCUT2D eigenvalue weighted by Gasteiger charge is -2.45. The number of carbonyl (C=O) groups excluding carboxylic acids is 1. The number of aliphatic hydroxyl groups excluding tert-OH is 1. The Hall–Kier alpha value is -3.20. The highest BCUT2D eigenvalue weighted by atomic mass is 32.2. The van der Waals surface area contributed by atoms with Crippen LogP contribution in [0.2, 0.25) is 0 Å². The van der Waals surface area contributed by atoms with Gasteiger partial charge in [-0.15, -0.1) is 4.40 Å². The zero-order valence-corrected chi connectivity index (χ0v) is 22.6. The van der Waals surface area contributed by atoms with Crippen LogP contribution in [0.15, 0.2) is 63.1 Å². The molecule has 4 bridgehead atoms. The molecule has 2 N–H and O–H groups in total. The number of rotatable bonds is 4. The Bertz CT molecular complexity index is 1520.